The second-order valence-electron chi connectivity index (χ2n) is 4.96. The fraction of sp³-hybridized carbons (Fsp3) is 0.0556. The van der Waals surface area contributed by atoms with Crippen molar-refractivity contribution >= 4 is 38.3 Å². The van der Waals surface area contributed by atoms with Gasteiger partial charge in [0.05, 0.1) is 12.7 Å². The van der Waals surface area contributed by atoms with Crippen molar-refractivity contribution in [1.29, 1.82) is 0 Å². The molecule has 0 fully saturated rings. The maximum Gasteiger partial charge on any atom is 0.338 e. The van der Waals surface area contributed by atoms with Crippen LogP contribution in [0.15, 0.2) is 54.6 Å². The summed E-state index contributed by atoms with van der Waals surface area (Å²) in [5.74, 6) is -0.289. The Morgan fingerprint density at radius 3 is 2.10 bits per heavy atom. The van der Waals surface area contributed by atoms with Crippen molar-refractivity contribution in [2.75, 3.05) is 7.11 Å². The first-order chi connectivity index (χ1) is 9.79. The van der Waals surface area contributed by atoms with Crippen LogP contribution in [0.1, 0.15) is 10.4 Å². The zero-order chi connectivity index (χ0) is 13.7. The van der Waals surface area contributed by atoms with Crippen LogP contribution >= 0.6 is 0 Å². The molecular weight excluding hydrogens is 248 g/mol. The van der Waals surface area contributed by atoms with Crippen molar-refractivity contribution in [2.45, 2.75) is 0 Å². The molecule has 0 N–H and O–H groups in total. The Morgan fingerprint density at radius 1 is 0.800 bits per heavy atom. The fourth-order valence-electron chi connectivity index (χ4n) is 3.02. The van der Waals surface area contributed by atoms with E-state index in [1.165, 1.54) is 23.3 Å². The van der Waals surface area contributed by atoms with E-state index < -0.39 is 0 Å². The van der Waals surface area contributed by atoms with Crippen molar-refractivity contribution in [3.8, 4) is 0 Å². The molecule has 0 saturated heterocycles. The summed E-state index contributed by atoms with van der Waals surface area (Å²) < 4.78 is 4.89. The van der Waals surface area contributed by atoms with Gasteiger partial charge in [0.1, 0.15) is 0 Å². The number of benzene rings is 4. The van der Waals surface area contributed by atoms with Crippen LogP contribution in [0.25, 0.3) is 32.3 Å². The lowest BCUT2D eigenvalue weighted by Crippen LogP contribution is -2.02. The van der Waals surface area contributed by atoms with Crippen LogP contribution < -0.4 is 0 Å². The highest BCUT2D eigenvalue weighted by Gasteiger charge is 2.14. The van der Waals surface area contributed by atoms with E-state index in [2.05, 4.69) is 36.4 Å². The monoisotopic (exact) mass is 260 g/mol. The molecule has 0 atom stereocenters. The average Bonchev–Trinajstić information content (AvgIpc) is 2.51. The first-order valence-corrected chi connectivity index (χ1v) is 6.54. The summed E-state index contributed by atoms with van der Waals surface area (Å²) in [6, 6.07) is 18.4. The second kappa shape index (κ2) is 3.94. The van der Waals surface area contributed by atoms with Gasteiger partial charge in [0.25, 0.3) is 0 Å². The van der Waals surface area contributed by atoms with Gasteiger partial charge in [0.15, 0.2) is 0 Å². The minimum Gasteiger partial charge on any atom is -0.465 e. The van der Waals surface area contributed by atoms with Gasteiger partial charge in [-0.25, -0.2) is 4.79 Å². The van der Waals surface area contributed by atoms with Crippen LogP contribution in [0.3, 0.4) is 0 Å². The van der Waals surface area contributed by atoms with Crippen LogP contribution in [-0.2, 0) is 4.74 Å². The third-order valence-corrected chi connectivity index (χ3v) is 3.93. The number of carbonyl (C=O) groups excluding carboxylic acids is 1. The SMILES string of the molecule is COC(=O)c1ccc2ccc3cccc4ccc1c2c34. The zero-order valence-electron chi connectivity index (χ0n) is 11.0. The molecule has 20 heavy (non-hydrogen) atoms. The van der Waals surface area contributed by atoms with Gasteiger partial charge in [-0.1, -0.05) is 48.5 Å². The molecule has 2 heteroatoms. The second-order valence-corrected chi connectivity index (χ2v) is 4.96. The fourth-order valence-corrected chi connectivity index (χ4v) is 3.02. The van der Waals surface area contributed by atoms with Crippen molar-refractivity contribution in [2.24, 2.45) is 0 Å². The van der Waals surface area contributed by atoms with Crippen LogP contribution in [-0.4, -0.2) is 13.1 Å². The highest BCUT2D eigenvalue weighted by atomic mass is 16.5. The predicted octanol–water partition coefficient (Wildman–Crippen LogP) is 4.37. The Balaban J connectivity index is 2.29. The topological polar surface area (TPSA) is 26.3 Å². The standard InChI is InChI=1S/C18H12O2/c1-20-18(19)15-10-8-13-6-5-11-3-2-4-12-7-9-14(15)17(13)16(11)12/h2-10H,1H3. The van der Waals surface area contributed by atoms with Crippen molar-refractivity contribution in [3.05, 3.63) is 60.2 Å². The maximum absolute atomic E-state index is 11.9. The number of ether oxygens (including phenoxy) is 1. The molecule has 0 spiro atoms. The molecule has 0 saturated carbocycles. The first kappa shape index (κ1) is 11.2. The lowest BCUT2D eigenvalue weighted by molar-refractivity contribution is 0.0603. The van der Waals surface area contributed by atoms with Crippen LogP contribution in [0.5, 0.6) is 0 Å². The minimum absolute atomic E-state index is 0.289. The Hall–Kier alpha value is -2.61. The predicted molar refractivity (Wildman–Crippen MR) is 81.5 cm³/mol. The van der Waals surface area contributed by atoms with Gasteiger partial charge >= 0.3 is 5.97 Å². The molecule has 0 aliphatic rings. The van der Waals surface area contributed by atoms with Gasteiger partial charge < -0.3 is 4.74 Å². The molecule has 96 valence electrons. The molecule has 0 aliphatic heterocycles. The van der Waals surface area contributed by atoms with E-state index in [0.29, 0.717) is 5.56 Å². The Kier molecular flexibility index (Phi) is 2.21. The van der Waals surface area contributed by atoms with E-state index >= 15 is 0 Å². The number of rotatable bonds is 1. The van der Waals surface area contributed by atoms with Crippen molar-refractivity contribution < 1.29 is 9.53 Å². The zero-order valence-corrected chi connectivity index (χ0v) is 11.0. The van der Waals surface area contributed by atoms with Gasteiger partial charge in [-0.05, 0) is 38.4 Å². The van der Waals surface area contributed by atoms with Gasteiger partial charge in [0.2, 0.25) is 0 Å². The molecule has 2 nitrogen and oxygen atoms in total. The summed E-state index contributed by atoms with van der Waals surface area (Å²) in [6.45, 7) is 0. The van der Waals surface area contributed by atoms with Gasteiger partial charge in [-0.15, -0.1) is 0 Å². The number of methoxy groups -OCH3 is 1. The maximum atomic E-state index is 11.9. The molecule has 0 unspecified atom stereocenters. The lowest BCUT2D eigenvalue weighted by Gasteiger charge is -2.12. The number of esters is 1. The number of hydrogen-bond acceptors (Lipinski definition) is 2. The van der Waals surface area contributed by atoms with E-state index in [-0.39, 0.29) is 5.97 Å². The van der Waals surface area contributed by atoms with E-state index in [9.17, 15) is 4.79 Å². The quantitative estimate of drug-likeness (QED) is 0.375. The summed E-state index contributed by atoms with van der Waals surface area (Å²) in [4.78, 5) is 11.9. The molecule has 4 rings (SSSR count). The van der Waals surface area contributed by atoms with E-state index in [1.54, 1.807) is 0 Å². The van der Waals surface area contributed by atoms with E-state index in [4.69, 9.17) is 4.74 Å². The molecule has 0 aliphatic carbocycles. The van der Waals surface area contributed by atoms with Crippen molar-refractivity contribution in [3.63, 3.8) is 0 Å². The third kappa shape index (κ3) is 1.36. The molecule has 4 aromatic carbocycles. The molecule has 0 aromatic heterocycles. The third-order valence-electron chi connectivity index (χ3n) is 3.93. The number of hydrogen-bond donors (Lipinski definition) is 0. The molecule has 0 amide bonds. The Bertz CT molecular complexity index is 938. The highest BCUT2D eigenvalue weighted by Crippen LogP contribution is 2.35. The summed E-state index contributed by atoms with van der Waals surface area (Å²) in [7, 11) is 1.42. The average molecular weight is 260 g/mol. The van der Waals surface area contributed by atoms with E-state index in [0.717, 1.165) is 16.2 Å². The van der Waals surface area contributed by atoms with Gasteiger partial charge in [-0.3, -0.25) is 0 Å². The summed E-state index contributed by atoms with van der Waals surface area (Å²) >= 11 is 0. The molecular formula is C18H12O2. The summed E-state index contributed by atoms with van der Waals surface area (Å²) in [6.07, 6.45) is 0. The number of carbonyl (C=O) groups is 1. The summed E-state index contributed by atoms with van der Waals surface area (Å²) in [5.41, 5.74) is 0.623. The van der Waals surface area contributed by atoms with Gasteiger partial charge in [0, 0.05) is 0 Å². The lowest BCUT2D eigenvalue weighted by atomic mass is 9.92. The van der Waals surface area contributed by atoms with Gasteiger partial charge in [-0.2, -0.15) is 0 Å². The minimum atomic E-state index is -0.289. The molecule has 0 heterocycles. The normalized spacial score (nSPS) is 11.4. The molecule has 0 radical (unpaired) electrons. The summed E-state index contributed by atoms with van der Waals surface area (Å²) in [5, 5.41) is 6.86. The smallest absolute Gasteiger partial charge is 0.338 e. The largest absolute Gasteiger partial charge is 0.465 e. The van der Waals surface area contributed by atoms with Crippen molar-refractivity contribution in [1.82, 2.24) is 0 Å². The molecule has 0 bridgehead atoms. The Labute approximate surface area is 115 Å². The van der Waals surface area contributed by atoms with Crippen LogP contribution in [0.2, 0.25) is 0 Å². The first-order valence-electron chi connectivity index (χ1n) is 6.54. The molecule has 4 aromatic rings. The van der Waals surface area contributed by atoms with Crippen LogP contribution in [0.4, 0.5) is 0 Å². The highest BCUT2D eigenvalue weighted by molar-refractivity contribution is 6.25. The van der Waals surface area contributed by atoms with Crippen LogP contribution in [0, 0.1) is 0 Å². The Morgan fingerprint density at radius 2 is 1.40 bits per heavy atom. The van der Waals surface area contributed by atoms with E-state index in [1.807, 2.05) is 18.2 Å².